The Morgan fingerprint density at radius 2 is 1.60 bits per heavy atom. The molecule has 0 spiro atoms. The molecule has 0 aliphatic heterocycles. The van der Waals surface area contributed by atoms with Gasteiger partial charge in [0.05, 0.1) is 5.58 Å². The summed E-state index contributed by atoms with van der Waals surface area (Å²) in [5.74, 6) is 0. The second-order valence-electron chi connectivity index (χ2n) is 10.4. The van der Waals surface area contributed by atoms with Crippen molar-refractivity contribution >= 4 is 32.8 Å². The van der Waals surface area contributed by atoms with Crippen molar-refractivity contribution < 1.29 is 45.1 Å². The van der Waals surface area contributed by atoms with Gasteiger partial charge in [-0.3, -0.25) is 4.98 Å². The van der Waals surface area contributed by atoms with Crippen LogP contribution < -0.4 is 0 Å². The number of benzene rings is 3. The topological polar surface area (TPSA) is 64.7 Å². The maximum absolute atomic E-state index is 8.21. The summed E-state index contributed by atoms with van der Waals surface area (Å²) in [7, 11) is 0. The third kappa shape index (κ3) is 6.35. The number of furan rings is 1. The Hall–Kier alpha value is -5.03. The molecule has 8 aromatic rings. The van der Waals surface area contributed by atoms with Crippen LogP contribution in [-0.4, -0.2) is 19.9 Å². The molecule has 0 N–H and O–H groups in total. The Labute approximate surface area is 309 Å². The monoisotopic (exact) mass is 804 g/mol. The predicted molar refractivity (Wildman–Crippen MR) is 187 cm³/mol. The van der Waals surface area contributed by atoms with E-state index in [1.807, 2.05) is 0 Å². The maximum atomic E-state index is 8.21. The van der Waals surface area contributed by atoms with Crippen LogP contribution in [0.2, 0.25) is 0 Å². The van der Waals surface area contributed by atoms with Gasteiger partial charge in [0, 0.05) is 81.9 Å². The van der Waals surface area contributed by atoms with Gasteiger partial charge >= 0.3 is 0 Å². The molecule has 0 saturated heterocycles. The minimum absolute atomic E-state index is 0. The van der Waals surface area contributed by atoms with Gasteiger partial charge < -0.3 is 14.4 Å². The number of hydrogen-bond acceptors (Lipinski definition) is 5. The third-order valence-corrected chi connectivity index (χ3v) is 7.40. The summed E-state index contributed by atoms with van der Waals surface area (Å²) in [6.45, 7) is -11.9. The predicted octanol–water partition coefficient (Wildman–Crippen LogP) is 10.1. The van der Waals surface area contributed by atoms with E-state index in [0.29, 0.717) is 43.9 Å². The van der Waals surface area contributed by atoms with Crippen molar-refractivity contribution in [3.05, 3.63) is 144 Å². The Bertz CT molecular complexity index is 2840. The van der Waals surface area contributed by atoms with E-state index >= 15 is 0 Å². The molecule has 5 heterocycles. The SMILES string of the molecule is [2H]C([2H])([2H])c1c[c-]c(-c2ccc(C([2H])([2H])[2H])cn2)cc1.[2H]C([2H])([2H])c1ccc2c(n1)oc1c(-c3cc(-c4c(C([2H])([2H])[2H])ccc5cnccc45)c(C([2H])([2H])[2H])cn3)[c-]ccc12.[Ir]. The van der Waals surface area contributed by atoms with Crippen molar-refractivity contribution in [3.8, 4) is 33.6 Å². The molecule has 0 bridgehead atoms. The molecule has 5 aromatic heterocycles. The number of pyridine rings is 4. The molecule has 0 fully saturated rings. The number of aromatic nitrogens is 4. The molecule has 0 unspecified atom stereocenters. The third-order valence-electron chi connectivity index (χ3n) is 7.40. The van der Waals surface area contributed by atoms with Gasteiger partial charge in [0.2, 0.25) is 5.71 Å². The summed E-state index contributed by atoms with van der Waals surface area (Å²) < 4.78 is 122. The molecule has 0 atom stereocenters. The fraction of sp³-hybridized carbons (Fsp3) is 0.122. The van der Waals surface area contributed by atoms with Gasteiger partial charge in [0.25, 0.3) is 0 Å². The summed E-state index contributed by atoms with van der Waals surface area (Å²) in [6, 6.07) is 26.3. The van der Waals surface area contributed by atoms with Crippen LogP contribution in [0, 0.1) is 46.4 Å². The second-order valence-corrected chi connectivity index (χ2v) is 10.4. The average Bonchev–Trinajstić information content (AvgIpc) is 3.57. The quantitative estimate of drug-likeness (QED) is 0.167. The van der Waals surface area contributed by atoms with Gasteiger partial charge in [0.1, 0.15) is 0 Å². The molecular formula is C41H32IrN4O-2. The molecule has 233 valence electrons. The Morgan fingerprint density at radius 1 is 0.702 bits per heavy atom. The molecule has 8 rings (SSSR count). The van der Waals surface area contributed by atoms with Crippen LogP contribution >= 0.6 is 0 Å². The summed E-state index contributed by atoms with van der Waals surface area (Å²) in [5, 5.41) is 2.41. The van der Waals surface area contributed by atoms with E-state index in [-0.39, 0.29) is 70.6 Å². The van der Waals surface area contributed by atoms with Crippen molar-refractivity contribution in [3.63, 3.8) is 0 Å². The summed E-state index contributed by atoms with van der Waals surface area (Å²) in [4.78, 5) is 16.8. The van der Waals surface area contributed by atoms with E-state index in [1.165, 1.54) is 55.0 Å². The standard InChI is InChI=1S/C28H20N3O.C13H12N.Ir/c1-16-7-9-19-15-29-12-11-20(19)26(16)24-13-25(30-14-17(24)2)23-6-4-5-21-22-10-8-18(3)31-28(22)32-27(21)23;1-10-3-6-12(7-4-10)13-8-5-11(2)9-14-13;/h4-5,7-15H,1-3H3;3-6,8-9H,1-2H3;/q2*-1;/i1D3,2D3,3D3;1D3,2D3;. The van der Waals surface area contributed by atoms with Gasteiger partial charge in [-0.25, -0.2) is 4.98 Å². The largest absolute Gasteiger partial charge is 0.486 e. The van der Waals surface area contributed by atoms with Gasteiger partial charge in [-0.1, -0.05) is 48.1 Å². The van der Waals surface area contributed by atoms with Crippen LogP contribution in [0.3, 0.4) is 0 Å². The molecule has 0 aliphatic rings. The van der Waals surface area contributed by atoms with Gasteiger partial charge in [-0.05, 0) is 90.2 Å². The summed E-state index contributed by atoms with van der Waals surface area (Å²) in [5.41, 5.74) is 2.87. The average molecular weight is 804 g/mol. The first-order chi connectivity index (χ1) is 28.4. The van der Waals surface area contributed by atoms with Crippen molar-refractivity contribution in [2.45, 2.75) is 34.3 Å². The Balaban J connectivity index is 0.000000258. The minimum atomic E-state index is -2.60. The molecular weight excluding hydrogens is 757 g/mol. The van der Waals surface area contributed by atoms with Crippen LogP contribution in [0.25, 0.3) is 66.5 Å². The van der Waals surface area contributed by atoms with Gasteiger partial charge in [0.15, 0.2) is 0 Å². The van der Waals surface area contributed by atoms with E-state index in [0.717, 1.165) is 0 Å². The van der Waals surface area contributed by atoms with E-state index < -0.39 is 34.3 Å². The molecule has 1 radical (unpaired) electrons. The van der Waals surface area contributed by atoms with Gasteiger partial charge in [-0.2, -0.15) is 0 Å². The number of aryl methyl sites for hydroxylation is 5. The van der Waals surface area contributed by atoms with Crippen LogP contribution in [0.5, 0.6) is 0 Å². The fourth-order valence-electron chi connectivity index (χ4n) is 5.21. The van der Waals surface area contributed by atoms with E-state index in [4.69, 9.17) is 25.0 Å². The summed E-state index contributed by atoms with van der Waals surface area (Å²) in [6.07, 6.45) is 5.63. The van der Waals surface area contributed by atoms with Crippen LogP contribution in [0.1, 0.15) is 48.5 Å². The molecule has 0 saturated carbocycles. The number of fused-ring (bicyclic) bond motifs is 4. The van der Waals surface area contributed by atoms with Crippen molar-refractivity contribution in [2.24, 2.45) is 0 Å². The zero-order valence-corrected chi connectivity index (χ0v) is 26.7. The molecule has 5 nitrogen and oxygen atoms in total. The first-order valence-corrected chi connectivity index (χ1v) is 14.0. The number of hydrogen-bond donors (Lipinski definition) is 0. The van der Waals surface area contributed by atoms with Crippen molar-refractivity contribution in [1.29, 1.82) is 0 Å². The number of nitrogens with zero attached hydrogens (tertiary/aromatic N) is 4. The minimum Gasteiger partial charge on any atom is -0.486 e. The van der Waals surface area contributed by atoms with Gasteiger partial charge in [-0.15, -0.1) is 53.6 Å². The summed E-state index contributed by atoms with van der Waals surface area (Å²) >= 11 is 0. The number of rotatable bonds is 3. The Kier molecular flexibility index (Phi) is 5.22. The van der Waals surface area contributed by atoms with Crippen LogP contribution in [0.15, 0.2) is 108 Å². The fourth-order valence-corrected chi connectivity index (χ4v) is 5.21. The molecule has 0 amide bonds. The zero-order valence-electron chi connectivity index (χ0n) is 39.3. The zero-order chi connectivity index (χ0) is 44.3. The Morgan fingerprint density at radius 3 is 2.38 bits per heavy atom. The van der Waals surface area contributed by atoms with E-state index in [2.05, 4.69) is 32.1 Å². The molecule has 3 aromatic carbocycles. The second kappa shape index (κ2) is 13.4. The molecule has 6 heteroatoms. The molecule has 47 heavy (non-hydrogen) atoms. The first kappa shape index (κ1) is 18.3. The van der Waals surface area contributed by atoms with E-state index in [9.17, 15) is 0 Å². The normalized spacial score (nSPS) is 17.0. The molecule has 0 aliphatic carbocycles. The first-order valence-electron chi connectivity index (χ1n) is 21.5. The van der Waals surface area contributed by atoms with Crippen molar-refractivity contribution in [1.82, 2.24) is 19.9 Å². The smallest absolute Gasteiger partial charge is 0.216 e. The van der Waals surface area contributed by atoms with Crippen molar-refractivity contribution in [2.75, 3.05) is 0 Å². The van der Waals surface area contributed by atoms with Crippen LogP contribution in [0.4, 0.5) is 0 Å². The van der Waals surface area contributed by atoms with Crippen LogP contribution in [-0.2, 0) is 20.1 Å². The van der Waals surface area contributed by atoms with E-state index in [1.54, 1.807) is 48.7 Å². The maximum Gasteiger partial charge on any atom is 0.216 e.